The van der Waals surface area contributed by atoms with Gasteiger partial charge in [0.25, 0.3) is 5.91 Å². The standard InChI is InChI=1S/C25H24N2O2/c1-18-17-24(22-15-9-10-16-23(22)26(18)19(2)28)27(21-13-7-4-8-14-21)25(29)20-11-5-3-6-12-20/h3-16,18,24H,17H2,1-2H3/t18-,24-/m1/s1. The number of anilines is 2. The number of carbonyl (C=O) groups excluding carboxylic acids is 2. The predicted molar refractivity (Wildman–Crippen MR) is 116 cm³/mol. The molecule has 1 aliphatic rings. The van der Waals surface area contributed by atoms with E-state index in [1.807, 2.05) is 102 Å². The average molecular weight is 384 g/mol. The molecule has 0 aliphatic carbocycles. The third-order valence-corrected chi connectivity index (χ3v) is 5.49. The molecule has 0 unspecified atom stereocenters. The molecule has 0 aromatic heterocycles. The van der Waals surface area contributed by atoms with Gasteiger partial charge < -0.3 is 9.80 Å². The Morgan fingerprint density at radius 2 is 1.45 bits per heavy atom. The lowest BCUT2D eigenvalue weighted by atomic mass is 9.89. The summed E-state index contributed by atoms with van der Waals surface area (Å²) in [5.41, 5.74) is 3.37. The molecule has 1 aliphatic heterocycles. The van der Waals surface area contributed by atoms with Gasteiger partial charge >= 0.3 is 0 Å². The lowest BCUT2D eigenvalue weighted by molar-refractivity contribution is -0.117. The monoisotopic (exact) mass is 384 g/mol. The zero-order chi connectivity index (χ0) is 20.4. The Morgan fingerprint density at radius 1 is 0.862 bits per heavy atom. The number of nitrogens with zero attached hydrogens (tertiary/aromatic N) is 2. The van der Waals surface area contributed by atoms with Gasteiger partial charge in [0.2, 0.25) is 5.91 Å². The van der Waals surface area contributed by atoms with Crippen LogP contribution in [0.4, 0.5) is 11.4 Å². The summed E-state index contributed by atoms with van der Waals surface area (Å²) in [6.45, 7) is 3.64. The zero-order valence-corrected chi connectivity index (χ0v) is 16.7. The summed E-state index contributed by atoms with van der Waals surface area (Å²) in [5.74, 6) is -0.0240. The van der Waals surface area contributed by atoms with E-state index < -0.39 is 0 Å². The van der Waals surface area contributed by atoms with E-state index in [2.05, 4.69) is 0 Å². The maximum atomic E-state index is 13.6. The Morgan fingerprint density at radius 3 is 2.10 bits per heavy atom. The van der Waals surface area contributed by atoms with Gasteiger partial charge in [-0.15, -0.1) is 0 Å². The van der Waals surface area contributed by atoms with Crippen LogP contribution in [0.3, 0.4) is 0 Å². The predicted octanol–water partition coefficient (Wildman–Crippen LogP) is 5.22. The molecule has 3 aromatic rings. The number of carbonyl (C=O) groups is 2. The molecule has 146 valence electrons. The minimum absolute atomic E-state index is 0.0119. The maximum Gasteiger partial charge on any atom is 0.258 e. The summed E-state index contributed by atoms with van der Waals surface area (Å²) in [5, 5.41) is 0. The fraction of sp³-hybridized carbons (Fsp3) is 0.200. The fourth-order valence-corrected chi connectivity index (χ4v) is 4.25. The smallest absolute Gasteiger partial charge is 0.258 e. The van der Waals surface area contributed by atoms with Crippen molar-refractivity contribution < 1.29 is 9.59 Å². The molecule has 0 fully saturated rings. The molecule has 2 atom stereocenters. The van der Waals surface area contributed by atoms with E-state index in [1.165, 1.54) is 0 Å². The Hall–Kier alpha value is -3.40. The summed E-state index contributed by atoms with van der Waals surface area (Å²) in [4.78, 5) is 29.7. The van der Waals surface area contributed by atoms with Crippen LogP contribution < -0.4 is 9.80 Å². The highest BCUT2D eigenvalue weighted by molar-refractivity contribution is 6.07. The molecule has 0 bridgehead atoms. The third-order valence-electron chi connectivity index (χ3n) is 5.49. The Labute approximate surface area is 171 Å². The second-order valence-electron chi connectivity index (χ2n) is 7.43. The molecule has 29 heavy (non-hydrogen) atoms. The fourth-order valence-electron chi connectivity index (χ4n) is 4.25. The van der Waals surface area contributed by atoms with Crippen molar-refractivity contribution in [2.75, 3.05) is 9.80 Å². The van der Waals surface area contributed by atoms with Crippen LogP contribution in [0.15, 0.2) is 84.9 Å². The van der Waals surface area contributed by atoms with Crippen LogP contribution in [-0.2, 0) is 4.79 Å². The van der Waals surface area contributed by atoms with Crippen LogP contribution in [0.2, 0.25) is 0 Å². The molecule has 0 saturated heterocycles. The van der Waals surface area contributed by atoms with Crippen molar-refractivity contribution in [1.29, 1.82) is 0 Å². The quantitative estimate of drug-likeness (QED) is 0.621. The van der Waals surface area contributed by atoms with Gasteiger partial charge in [0, 0.05) is 29.9 Å². The summed E-state index contributed by atoms with van der Waals surface area (Å²) >= 11 is 0. The third kappa shape index (κ3) is 3.54. The molecule has 0 radical (unpaired) electrons. The summed E-state index contributed by atoms with van der Waals surface area (Å²) in [6, 6.07) is 26.9. The summed E-state index contributed by atoms with van der Waals surface area (Å²) < 4.78 is 0. The summed E-state index contributed by atoms with van der Waals surface area (Å²) in [7, 11) is 0. The van der Waals surface area contributed by atoms with Crippen LogP contribution in [0.25, 0.3) is 0 Å². The summed E-state index contributed by atoms with van der Waals surface area (Å²) in [6.07, 6.45) is 0.671. The van der Waals surface area contributed by atoms with Crippen molar-refractivity contribution in [3.05, 3.63) is 96.1 Å². The largest absolute Gasteiger partial charge is 0.309 e. The topological polar surface area (TPSA) is 40.6 Å². The minimum atomic E-state index is -0.160. The van der Waals surface area contributed by atoms with Crippen molar-refractivity contribution in [2.45, 2.75) is 32.4 Å². The molecule has 4 nitrogen and oxygen atoms in total. The molecule has 0 saturated carbocycles. The molecule has 4 heteroatoms. The number of para-hydroxylation sites is 2. The first-order valence-electron chi connectivity index (χ1n) is 9.90. The number of benzene rings is 3. The number of hydrogen-bond acceptors (Lipinski definition) is 2. The zero-order valence-electron chi connectivity index (χ0n) is 16.7. The van der Waals surface area contributed by atoms with Crippen LogP contribution in [-0.4, -0.2) is 17.9 Å². The molecule has 4 rings (SSSR count). The molecule has 2 amide bonds. The first-order chi connectivity index (χ1) is 14.1. The van der Waals surface area contributed by atoms with Crippen LogP contribution >= 0.6 is 0 Å². The molecule has 0 N–H and O–H groups in total. The minimum Gasteiger partial charge on any atom is -0.309 e. The van der Waals surface area contributed by atoms with Gasteiger partial charge in [-0.3, -0.25) is 9.59 Å². The van der Waals surface area contributed by atoms with Crippen LogP contribution in [0, 0.1) is 0 Å². The van der Waals surface area contributed by atoms with E-state index in [0.717, 1.165) is 16.9 Å². The number of amides is 2. The molecular formula is C25H24N2O2. The highest BCUT2D eigenvalue weighted by Crippen LogP contribution is 2.42. The van der Waals surface area contributed by atoms with Gasteiger partial charge in [-0.1, -0.05) is 54.6 Å². The molecule has 0 spiro atoms. The second kappa shape index (κ2) is 7.92. The van der Waals surface area contributed by atoms with Gasteiger partial charge in [-0.05, 0) is 49.2 Å². The van der Waals surface area contributed by atoms with Gasteiger partial charge in [0.05, 0.1) is 6.04 Å². The average Bonchev–Trinajstić information content (AvgIpc) is 2.75. The lowest BCUT2D eigenvalue weighted by Gasteiger charge is -2.43. The highest BCUT2D eigenvalue weighted by atomic mass is 16.2. The Kier molecular flexibility index (Phi) is 5.17. The SMILES string of the molecule is CC(=O)N1c2ccccc2[C@H](N(C(=O)c2ccccc2)c2ccccc2)C[C@H]1C. The second-order valence-corrected chi connectivity index (χ2v) is 7.43. The molecule has 3 aromatic carbocycles. The van der Waals surface area contributed by atoms with E-state index in [4.69, 9.17) is 0 Å². The van der Waals surface area contributed by atoms with Gasteiger partial charge in [0.1, 0.15) is 0 Å². The van der Waals surface area contributed by atoms with Crippen molar-refractivity contribution in [3.8, 4) is 0 Å². The van der Waals surface area contributed by atoms with E-state index in [-0.39, 0.29) is 23.9 Å². The van der Waals surface area contributed by atoms with Gasteiger partial charge in [0.15, 0.2) is 0 Å². The number of fused-ring (bicyclic) bond motifs is 1. The Bertz CT molecular complexity index is 1020. The van der Waals surface area contributed by atoms with Crippen molar-refractivity contribution >= 4 is 23.2 Å². The first-order valence-corrected chi connectivity index (χ1v) is 9.90. The van der Waals surface area contributed by atoms with E-state index in [9.17, 15) is 9.59 Å². The number of hydrogen-bond donors (Lipinski definition) is 0. The number of rotatable bonds is 3. The van der Waals surface area contributed by atoms with Gasteiger partial charge in [-0.2, -0.15) is 0 Å². The van der Waals surface area contributed by atoms with Crippen LogP contribution in [0.5, 0.6) is 0 Å². The van der Waals surface area contributed by atoms with Crippen molar-refractivity contribution in [2.24, 2.45) is 0 Å². The molecule has 1 heterocycles. The van der Waals surface area contributed by atoms with Crippen molar-refractivity contribution in [1.82, 2.24) is 0 Å². The first kappa shape index (κ1) is 18.9. The normalized spacial score (nSPS) is 18.1. The van der Waals surface area contributed by atoms with E-state index in [1.54, 1.807) is 6.92 Å². The maximum absolute atomic E-state index is 13.6. The molecular weight excluding hydrogens is 360 g/mol. The van der Waals surface area contributed by atoms with Crippen molar-refractivity contribution in [3.63, 3.8) is 0 Å². The van der Waals surface area contributed by atoms with Crippen LogP contribution in [0.1, 0.15) is 42.2 Å². The van der Waals surface area contributed by atoms with Gasteiger partial charge in [-0.25, -0.2) is 0 Å². The Balaban J connectivity index is 1.86. The van der Waals surface area contributed by atoms with E-state index >= 15 is 0 Å². The highest BCUT2D eigenvalue weighted by Gasteiger charge is 2.37. The lowest BCUT2D eigenvalue weighted by Crippen LogP contribution is -2.47. The van der Waals surface area contributed by atoms with E-state index in [0.29, 0.717) is 12.0 Å².